The van der Waals surface area contributed by atoms with Gasteiger partial charge in [0, 0.05) is 19.3 Å². The molecule has 0 saturated heterocycles. The van der Waals surface area contributed by atoms with Gasteiger partial charge in [0.05, 0.1) is 0 Å². The van der Waals surface area contributed by atoms with Gasteiger partial charge in [0.15, 0.2) is 0 Å². The minimum atomic E-state index is -0.946. The molecule has 0 aliphatic heterocycles. The zero-order valence-electron chi connectivity index (χ0n) is 10.6. The lowest BCUT2D eigenvalue weighted by Gasteiger charge is -2.21. The summed E-state index contributed by atoms with van der Waals surface area (Å²) in [7, 11) is 1.94. The molecule has 3 N–H and O–H groups in total. The Hall–Kier alpha value is -1.55. The number of nitrogens with zero attached hydrogens (tertiary/aromatic N) is 1. The number of aryl methyl sites for hydroxylation is 2. The summed E-state index contributed by atoms with van der Waals surface area (Å²) in [6.45, 7) is 4.77. The van der Waals surface area contributed by atoms with Gasteiger partial charge in [-0.3, -0.25) is 4.79 Å². The minimum absolute atomic E-state index is 0.443. The summed E-state index contributed by atoms with van der Waals surface area (Å²) in [6, 6.07) is 5.41. The molecule has 1 unspecified atom stereocenters. The molecule has 1 aromatic carbocycles. The van der Waals surface area contributed by atoms with Gasteiger partial charge < -0.3 is 15.7 Å². The highest BCUT2D eigenvalue weighted by Crippen LogP contribution is 2.17. The molecule has 0 aliphatic rings. The Bertz CT molecular complexity index is 404. The van der Waals surface area contributed by atoms with Gasteiger partial charge in [0.1, 0.15) is 6.04 Å². The Kier molecular flexibility index (Phi) is 4.52. The van der Waals surface area contributed by atoms with Crippen LogP contribution in [0.5, 0.6) is 0 Å². The number of hydrogen-bond acceptors (Lipinski definition) is 3. The van der Waals surface area contributed by atoms with E-state index in [9.17, 15) is 4.79 Å². The Morgan fingerprint density at radius 2 is 2.06 bits per heavy atom. The van der Waals surface area contributed by atoms with Gasteiger partial charge >= 0.3 is 5.97 Å². The number of nitrogens with two attached hydrogens (primary N) is 1. The molecule has 1 rings (SSSR count). The van der Waals surface area contributed by atoms with Crippen molar-refractivity contribution < 1.29 is 9.90 Å². The molecule has 0 radical (unpaired) electrons. The van der Waals surface area contributed by atoms with Crippen LogP contribution in [0.3, 0.4) is 0 Å². The molecule has 0 amide bonds. The van der Waals surface area contributed by atoms with Crippen LogP contribution in [0.15, 0.2) is 18.2 Å². The average Bonchev–Trinajstić information content (AvgIpc) is 2.28. The molecule has 4 nitrogen and oxygen atoms in total. The van der Waals surface area contributed by atoms with Gasteiger partial charge in [-0.15, -0.1) is 0 Å². The van der Waals surface area contributed by atoms with Crippen LogP contribution in [-0.4, -0.2) is 30.7 Å². The molecule has 0 fully saturated rings. The summed E-state index contributed by atoms with van der Waals surface area (Å²) in [5.74, 6) is -0.946. The van der Waals surface area contributed by atoms with E-state index in [0.717, 1.165) is 5.69 Å². The summed E-state index contributed by atoms with van der Waals surface area (Å²) in [5, 5.41) is 8.70. The highest BCUT2D eigenvalue weighted by molar-refractivity contribution is 5.73. The summed E-state index contributed by atoms with van der Waals surface area (Å²) >= 11 is 0. The highest BCUT2D eigenvalue weighted by atomic mass is 16.4. The first kappa shape index (κ1) is 13.5. The van der Waals surface area contributed by atoms with E-state index in [4.69, 9.17) is 10.8 Å². The van der Waals surface area contributed by atoms with Crippen molar-refractivity contribution in [1.82, 2.24) is 0 Å². The maximum absolute atomic E-state index is 10.6. The van der Waals surface area contributed by atoms with Gasteiger partial charge in [-0.2, -0.15) is 0 Å². The molecule has 1 atom stereocenters. The van der Waals surface area contributed by atoms with Gasteiger partial charge in [-0.25, -0.2) is 0 Å². The first-order chi connectivity index (χ1) is 7.91. The standard InChI is InChI=1S/C13H20N2O2/c1-9-4-5-11(8-10(9)2)15(3)7-6-12(14)13(16)17/h4-5,8,12H,6-7,14H2,1-3H3,(H,16,17). The van der Waals surface area contributed by atoms with Crippen molar-refractivity contribution in [2.45, 2.75) is 26.3 Å². The Balaban J connectivity index is 2.60. The maximum Gasteiger partial charge on any atom is 0.320 e. The fourth-order valence-corrected chi connectivity index (χ4v) is 1.55. The zero-order valence-corrected chi connectivity index (χ0v) is 10.6. The third-order valence-electron chi connectivity index (χ3n) is 3.02. The molecule has 1 aromatic rings. The molecule has 0 spiro atoms. The van der Waals surface area contributed by atoms with E-state index in [1.165, 1.54) is 11.1 Å². The summed E-state index contributed by atoms with van der Waals surface area (Å²) in [4.78, 5) is 12.6. The lowest BCUT2D eigenvalue weighted by molar-refractivity contribution is -0.138. The van der Waals surface area contributed by atoms with Crippen molar-refractivity contribution in [3.8, 4) is 0 Å². The van der Waals surface area contributed by atoms with Gasteiger partial charge in [0.2, 0.25) is 0 Å². The molecular weight excluding hydrogens is 216 g/mol. The van der Waals surface area contributed by atoms with Gasteiger partial charge in [0.25, 0.3) is 0 Å². The number of rotatable bonds is 5. The lowest BCUT2D eigenvalue weighted by Crippen LogP contribution is -2.34. The van der Waals surface area contributed by atoms with Crippen molar-refractivity contribution in [2.75, 3.05) is 18.5 Å². The predicted molar refractivity (Wildman–Crippen MR) is 69.4 cm³/mol. The maximum atomic E-state index is 10.6. The van der Waals surface area contributed by atoms with Crippen molar-refractivity contribution in [1.29, 1.82) is 0 Å². The molecule has 4 heteroatoms. The van der Waals surface area contributed by atoms with Crippen molar-refractivity contribution in [3.63, 3.8) is 0 Å². The van der Waals surface area contributed by atoms with E-state index < -0.39 is 12.0 Å². The molecule has 0 bridgehead atoms. The number of benzene rings is 1. The van der Waals surface area contributed by atoms with Crippen LogP contribution in [0, 0.1) is 13.8 Å². The topological polar surface area (TPSA) is 66.6 Å². The number of carbonyl (C=O) groups is 1. The second-order valence-electron chi connectivity index (χ2n) is 4.42. The molecule has 0 heterocycles. The molecular formula is C13H20N2O2. The molecule has 94 valence electrons. The molecule has 0 aromatic heterocycles. The SMILES string of the molecule is Cc1ccc(N(C)CCC(N)C(=O)O)cc1C. The van der Waals surface area contributed by atoms with Crippen molar-refractivity contribution in [2.24, 2.45) is 5.73 Å². The van der Waals surface area contributed by atoms with Crippen LogP contribution < -0.4 is 10.6 Å². The van der Waals surface area contributed by atoms with E-state index in [1.54, 1.807) is 0 Å². The fourth-order valence-electron chi connectivity index (χ4n) is 1.55. The Morgan fingerprint density at radius 1 is 1.41 bits per heavy atom. The van der Waals surface area contributed by atoms with Gasteiger partial charge in [-0.05, 0) is 43.5 Å². The number of hydrogen-bond donors (Lipinski definition) is 2. The average molecular weight is 236 g/mol. The van der Waals surface area contributed by atoms with E-state index in [0.29, 0.717) is 13.0 Å². The largest absolute Gasteiger partial charge is 0.480 e. The summed E-state index contributed by atoms with van der Waals surface area (Å²) in [5.41, 5.74) is 9.05. The summed E-state index contributed by atoms with van der Waals surface area (Å²) in [6.07, 6.45) is 0.443. The third-order valence-corrected chi connectivity index (χ3v) is 3.02. The minimum Gasteiger partial charge on any atom is -0.480 e. The van der Waals surface area contributed by atoms with E-state index in [1.807, 2.05) is 18.0 Å². The molecule has 0 aliphatic carbocycles. The first-order valence-electron chi connectivity index (χ1n) is 5.68. The second kappa shape index (κ2) is 5.68. The van der Waals surface area contributed by atoms with Crippen LogP contribution in [0.4, 0.5) is 5.69 Å². The lowest BCUT2D eigenvalue weighted by atomic mass is 10.1. The molecule has 0 saturated carbocycles. The van der Waals surface area contributed by atoms with E-state index >= 15 is 0 Å². The smallest absolute Gasteiger partial charge is 0.320 e. The first-order valence-corrected chi connectivity index (χ1v) is 5.68. The van der Waals surface area contributed by atoms with Crippen LogP contribution in [-0.2, 0) is 4.79 Å². The molecule has 17 heavy (non-hydrogen) atoms. The van der Waals surface area contributed by atoms with Crippen LogP contribution in [0.25, 0.3) is 0 Å². The highest BCUT2D eigenvalue weighted by Gasteiger charge is 2.12. The van der Waals surface area contributed by atoms with Crippen molar-refractivity contribution in [3.05, 3.63) is 29.3 Å². The number of anilines is 1. The normalized spacial score (nSPS) is 12.2. The van der Waals surface area contributed by atoms with Gasteiger partial charge in [-0.1, -0.05) is 6.07 Å². The zero-order chi connectivity index (χ0) is 13.0. The number of carboxylic acids is 1. The van der Waals surface area contributed by atoms with E-state index in [-0.39, 0.29) is 0 Å². The third kappa shape index (κ3) is 3.75. The predicted octanol–water partition coefficient (Wildman–Crippen LogP) is 1.54. The Labute approximate surface area is 102 Å². The van der Waals surface area contributed by atoms with Crippen LogP contribution in [0.2, 0.25) is 0 Å². The summed E-state index contributed by atoms with van der Waals surface area (Å²) < 4.78 is 0. The number of aliphatic carboxylic acids is 1. The van der Waals surface area contributed by atoms with Crippen molar-refractivity contribution >= 4 is 11.7 Å². The van der Waals surface area contributed by atoms with Crippen LogP contribution >= 0.6 is 0 Å². The second-order valence-corrected chi connectivity index (χ2v) is 4.42. The Morgan fingerprint density at radius 3 is 2.59 bits per heavy atom. The van der Waals surface area contributed by atoms with Crippen LogP contribution in [0.1, 0.15) is 17.5 Å². The fraction of sp³-hybridized carbons (Fsp3) is 0.462. The quantitative estimate of drug-likeness (QED) is 0.814. The number of carboxylic acid groups (broad SMARTS) is 1. The monoisotopic (exact) mass is 236 g/mol. The van der Waals surface area contributed by atoms with E-state index in [2.05, 4.69) is 26.0 Å².